The minimum atomic E-state index is -0.222. The molecule has 0 bridgehead atoms. The second-order valence-corrected chi connectivity index (χ2v) is 6.19. The first-order valence-electron chi connectivity index (χ1n) is 6.60. The van der Waals surface area contributed by atoms with Crippen LogP contribution in [-0.2, 0) is 4.79 Å². The molecule has 102 valence electrons. The van der Waals surface area contributed by atoms with E-state index < -0.39 is 0 Å². The molecule has 2 rings (SSSR count). The smallest absolute Gasteiger partial charge is 0.318 e. The summed E-state index contributed by atoms with van der Waals surface area (Å²) in [5.41, 5.74) is 5.13. The molecule has 5 nitrogen and oxygen atoms in total. The molecule has 2 aliphatic heterocycles. The maximum atomic E-state index is 11.7. The Bertz CT molecular complexity index is 337. The molecule has 0 saturated carbocycles. The van der Waals surface area contributed by atoms with E-state index >= 15 is 0 Å². The van der Waals surface area contributed by atoms with Gasteiger partial charge in [-0.3, -0.25) is 4.79 Å². The maximum absolute atomic E-state index is 11.7. The maximum Gasteiger partial charge on any atom is 0.318 e. The summed E-state index contributed by atoms with van der Waals surface area (Å²) in [5, 5.41) is 3.55. The Hall–Kier alpha value is -0.910. The molecule has 6 heteroatoms. The van der Waals surface area contributed by atoms with Crippen molar-refractivity contribution in [2.75, 3.05) is 12.3 Å². The summed E-state index contributed by atoms with van der Waals surface area (Å²) in [7, 11) is 0. The highest BCUT2D eigenvalue weighted by Crippen LogP contribution is 2.37. The van der Waals surface area contributed by atoms with E-state index in [0.29, 0.717) is 23.8 Å². The van der Waals surface area contributed by atoms with Crippen molar-refractivity contribution < 1.29 is 9.59 Å². The number of rotatable bonds is 6. The first kappa shape index (κ1) is 13.5. The zero-order chi connectivity index (χ0) is 13.1. The van der Waals surface area contributed by atoms with Gasteiger partial charge in [0.25, 0.3) is 0 Å². The highest BCUT2D eigenvalue weighted by molar-refractivity contribution is 8.00. The number of amides is 3. The van der Waals surface area contributed by atoms with Gasteiger partial charge in [-0.2, -0.15) is 11.8 Å². The molecule has 0 radical (unpaired) electrons. The van der Waals surface area contributed by atoms with Crippen LogP contribution >= 0.6 is 11.8 Å². The summed E-state index contributed by atoms with van der Waals surface area (Å²) in [5.74, 6) is 0.785. The lowest BCUT2D eigenvalue weighted by Crippen LogP contribution is -2.40. The number of nitrogens with one attached hydrogen (secondary N) is 1. The Morgan fingerprint density at radius 3 is 3.00 bits per heavy atom. The third-order valence-electron chi connectivity index (χ3n) is 3.72. The van der Waals surface area contributed by atoms with Crippen molar-refractivity contribution in [3.8, 4) is 0 Å². The molecule has 3 amide bonds. The minimum absolute atomic E-state index is 0.0786. The number of hydrogen-bond donors (Lipinski definition) is 2. The third-order valence-corrected chi connectivity index (χ3v) is 5.21. The normalized spacial score (nSPS) is 30.4. The Balaban J connectivity index is 1.83. The van der Waals surface area contributed by atoms with Gasteiger partial charge >= 0.3 is 6.03 Å². The summed E-state index contributed by atoms with van der Waals surface area (Å²) in [6, 6.07) is 0.722. The molecule has 0 aliphatic carbocycles. The van der Waals surface area contributed by atoms with Crippen LogP contribution in [0.4, 0.5) is 4.79 Å². The van der Waals surface area contributed by atoms with Gasteiger partial charge < -0.3 is 16.0 Å². The van der Waals surface area contributed by atoms with E-state index in [1.807, 2.05) is 23.6 Å². The van der Waals surface area contributed by atoms with Crippen LogP contribution < -0.4 is 11.1 Å². The van der Waals surface area contributed by atoms with E-state index in [1.165, 1.54) is 0 Å². The molecular formula is C12H21N3O2S. The van der Waals surface area contributed by atoms with Crippen LogP contribution in [0.2, 0.25) is 0 Å². The van der Waals surface area contributed by atoms with Crippen LogP contribution in [0.15, 0.2) is 0 Å². The Morgan fingerprint density at radius 2 is 2.33 bits per heavy atom. The number of carbonyl (C=O) groups excluding carboxylic acids is 2. The van der Waals surface area contributed by atoms with Gasteiger partial charge in [0.1, 0.15) is 0 Å². The molecule has 3 N–H and O–H groups in total. The van der Waals surface area contributed by atoms with E-state index in [-0.39, 0.29) is 11.9 Å². The molecule has 0 aromatic heterocycles. The fourth-order valence-corrected chi connectivity index (χ4v) is 4.46. The predicted molar refractivity (Wildman–Crippen MR) is 72.4 cm³/mol. The average Bonchev–Trinajstić information content (AvgIpc) is 2.82. The van der Waals surface area contributed by atoms with E-state index in [4.69, 9.17) is 5.73 Å². The number of urea groups is 1. The molecule has 2 unspecified atom stereocenters. The molecule has 2 saturated heterocycles. The van der Waals surface area contributed by atoms with Crippen molar-refractivity contribution in [1.82, 2.24) is 10.2 Å². The molecule has 18 heavy (non-hydrogen) atoms. The quantitative estimate of drug-likeness (QED) is 0.557. The van der Waals surface area contributed by atoms with Gasteiger partial charge in [-0.05, 0) is 19.8 Å². The molecule has 0 spiro atoms. The van der Waals surface area contributed by atoms with Crippen LogP contribution in [0.5, 0.6) is 0 Å². The van der Waals surface area contributed by atoms with E-state index in [2.05, 4.69) is 5.32 Å². The van der Waals surface area contributed by atoms with E-state index in [1.54, 1.807) is 0 Å². The average molecular weight is 271 g/mol. The second-order valence-electron chi connectivity index (χ2n) is 4.92. The molecule has 2 heterocycles. The van der Waals surface area contributed by atoms with Gasteiger partial charge in [-0.25, -0.2) is 4.79 Å². The van der Waals surface area contributed by atoms with Crippen molar-refractivity contribution >= 4 is 23.7 Å². The van der Waals surface area contributed by atoms with Gasteiger partial charge in [0.15, 0.2) is 0 Å². The molecule has 3 atom stereocenters. The van der Waals surface area contributed by atoms with Gasteiger partial charge in [-0.1, -0.05) is 6.42 Å². The summed E-state index contributed by atoms with van der Waals surface area (Å²) in [6.07, 6.45) is 3.40. The van der Waals surface area contributed by atoms with Gasteiger partial charge in [-0.15, -0.1) is 0 Å². The second kappa shape index (κ2) is 5.82. The zero-order valence-corrected chi connectivity index (χ0v) is 11.5. The number of nitrogens with zero attached hydrogens (tertiary/aromatic N) is 1. The van der Waals surface area contributed by atoms with Crippen molar-refractivity contribution in [2.24, 2.45) is 5.73 Å². The largest absolute Gasteiger partial charge is 0.370 e. The van der Waals surface area contributed by atoms with Crippen LogP contribution in [0.25, 0.3) is 0 Å². The number of hydrogen-bond acceptors (Lipinski definition) is 3. The highest BCUT2D eigenvalue weighted by atomic mass is 32.2. The number of nitrogens with two attached hydrogens (primary N) is 1. The molecule has 0 aromatic rings. The monoisotopic (exact) mass is 271 g/mol. The summed E-state index contributed by atoms with van der Waals surface area (Å²) >= 11 is 1.94. The van der Waals surface area contributed by atoms with Crippen LogP contribution in [-0.4, -0.2) is 46.5 Å². The van der Waals surface area contributed by atoms with Crippen molar-refractivity contribution in [1.29, 1.82) is 0 Å². The third kappa shape index (κ3) is 2.74. The van der Waals surface area contributed by atoms with E-state index in [9.17, 15) is 9.59 Å². The lowest BCUT2D eigenvalue weighted by Gasteiger charge is -2.26. The Morgan fingerprint density at radius 1 is 1.56 bits per heavy atom. The van der Waals surface area contributed by atoms with Crippen LogP contribution in [0, 0.1) is 0 Å². The first-order valence-corrected chi connectivity index (χ1v) is 7.65. The fourth-order valence-electron chi connectivity index (χ4n) is 2.86. The number of fused-ring (bicyclic) bond motifs is 1. The van der Waals surface area contributed by atoms with Crippen LogP contribution in [0.3, 0.4) is 0 Å². The Labute approximate surface area is 112 Å². The van der Waals surface area contributed by atoms with Gasteiger partial charge in [0, 0.05) is 24.0 Å². The van der Waals surface area contributed by atoms with Gasteiger partial charge in [0.05, 0.1) is 12.1 Å². The molecule has 0 aromatic carbocycles. The van der Waals surface area contributed by atoms with Crippen molar-refractivity contribution in [2.45, 2.75) is 49.9 Å². The SMILES string of the molecule is CCN1C(=O)NC2CS[C@@H](CCCCC(N)=O)C21. The highest BCUT2D eigenvalue weighted by Gasteiger charge is 2.47. The molecule has 2 aliphatic rings. The zero-order valence-electron chi connectivity index (χ0n) is 10.7. The lowest BCUT2D eigenvalue weighted by molar-refractivity contribution is -0.118. The first-order chi connectivity index (χ1) is 8.63. The number of unbranched alkanes of at least 4 members (excludes halogenated alkanes) is 1. The number of likely N-dealkylation sites (N-methyl/N-ethyl adjacent to an activating group) is 1. The number of primary amides is 1. The number of carbonyl (C=O) groups is 2. The topological polar surface area (TPSA) is 75.4 Å². The van der Waals surface area contributed by atoms with E-state index in [0.717, 1.165) is 31.6 Å². The lowest BCUT2D eigenvalue weighted by atomic mass is 10.0. The predicted octanol–water partition coefficient (Wildman–Crippen LogP) is 0.930. The standard InChI is InChI=1S/C12H21N3O2S/c1-2-15-11-8(14-12(15)17)7-18-9(11)5-3-4-6-10(13)16/h8-9,11H,2-7H2,1H3,(H2,13,16)(H,14,17)/t8?,9-,11?/m0/s1. The summed E-state index contributed by atoms with van der Waals surface area (Å²) in [6.45, 7) is 2.79. The summed E-state index contributed by atoms with van der Waals surface area (Å²) < 4.78 is 0. The summed E-state index contributed by atoms with van der Waals surface area (Å²) in [4.78, 5) is 24.3. The Kier molecular flexibility index (Phi) is 4.37. The molecule has 2 fully saturated rings. The fraction of sp³-hybridized carbons (Fsp3) is 0.833. The van der Waals surface area contributed by atoms with Gasteiger partial charge in [0.2, 0.25) is 5.91 Å². The number of thioether (sulfide) groups is 1. The van der Waals surface area contributed by atoms with Crippen molar-refractivity contribution in [3.63, 3.8) is 0 Å². The van der Waals surface area contributed by atoms with Crippen molar-refractivity contribution in [3.05, 3.63) is 0 Å². The molecular weight excluding hydrogens is 250 g/mol. The van der Waals surface area contributed by atoms with Crippen LogP contribution in [0.1, 0.15) is 32.6 Å². The minimum Gasteiger partial charge on any atom is -0.370 e.